The number of nitrogens with one attached hydrogen (secondary N) is 2. The van der Waals surface area contributed by atoms with Crippen LogP contribution in [0.2, 0.25) is 0 Å². The van der Waals surface area contributed by atoms with Crippen molar-refractivity contribution >= 4 is 5.91 Å². The molecule has 4 unspecified atom stereocenters. The van der Waals surface area contributed by atoms with E-state index in [0.29, 0.717) is 6.04 Å². The highest BCUT2D eigenvalue weighted by atomic mass is 16.2. The van der Waals surface area contributed by atoms with Crippen LogP contribution in [-0.4, -0.2) is 24.5 Å². The van der Waals surface area contributed by atoms with E-state index >= 15 is 0 Å². The van der Waals surface area contributed by atoms with Crippen LogP contribution in [0.4, 0.5) is 0 Å². The van der Waals surface area contributed by atoms with Gasteiger partial charge in [0.25, 0.3) is 0 Å². The monoisotopic (exact) mass is 226 g/mol. The number of carbonyl (C=O) groups excluding carboxylic acids is 1. The maximum Gasteiger partial charge on any atom is 0.237 e. The third-order valence-electron chi connectivity index (χ3n) is 3.47. The fourth-order valence-corrected chi connectivity index (χ4v) is 1.98. The summed E-state index contributed by atoms with van der Waals surface area (Å²) in [6, 6.07) is 0.230. The van der Waals surface area contributed by atoms with E-state index in [-0.39, 0.29) is 11.9 Å². The summed E-state index contributed by atoms with van der Waals surface area (Å²) in [6.45, 7) is 9.40. The van der Waals surface area contributed by atoms with E-state index in [2.05, 4.69) is 31.4 Å². The highest BCUT2D eigenvalue weighted by Gasteiger charge is 2.32. The molecule has 2 N–H and O–H groups in total. The Hall–Kier alpha value is -0.570. The molecule has 1 amide bonds. The van der Waals surface area contributed by atoms with Gasteiger partial charge in [0.2, 0.25) is 5.91 Å². The molecule has 3 heteroatoms. The van der Waals surface area contributed by atoms with Crippen LogP contribution < -0.4 is 10.6 Å². The van der Waals surface area contributed by atoms with E-state index in [1.54, 1.807) is 0 Å². The van der Waals surface area contributed by atoms with Crippen LogP contribution in [0.5, 0.6) is 0 Å². The van der Waals surface area contributed by atoms with Crippen molar-refractivity contribution in [3.8, 4) is 0 Å². The minimum Gasteiger partial charge on any atom is -0.352 e. The topological polar surface area (TPSA) is 41.1 Å². The Morgan fingerprint density at radius 1 is 1.44 bits per heavy atom. The molecule has 0 heterocycles. The maximum absolute atomic E-state index is 11.8. The van der Waals surface area contributed by atoms with Crippen LogP contribution in [-0.2, 0) is 4.79 Å². The molecule has 0 saturated heterocycles. The summed E-state index contributed by atoms with van der Waals surface area (Å²) in [7, 11) is 0. The van der Waals surface area contributed by atoms with Crippen molar-refractivity contribution in [3.05, 3.63) is 0 Å². The summed E-state index contributed by atoms with van der Waals surface area (Å²) >= 11 is 0. The molecule has 0 radical (unpaired) electrons. The summed E-state index contributed by atoms with van der Waals surface area (Å²) in [5.74, 6) is 1.78. The average molecular weight is 226 g/mol. The molecule has 0 aromatic carbocycles. The van der Waals surface area contributed by atoms with Crippen LogP contribution in [0.1, 0.15) is 47.0 Å². The molecule has 0 aromatic rings. The third kappa shape index (κ3) is 4.52. The number of carbonyl (C=O) groups is 1. The highest BCUT2D eigenvalue weighted by molar-refractivity contribution is 5.81. The number of hydrogen-bond acceptors (Lipinski definition) is 2. The van der Waals surface area contributed by atoms with Crippen LogP contribution >= 0.6 is 0 Å². The molecule has 1 aliphatic carbocycles. The predicted octanol–water partition coefficient (Wildman–Crippen LogP) is 1.93. The van der Waals surface area contributed by atoms with Gasteiger partial charge in [0.1, 0.15) is 0 Å². The zero-order valence-electron chi connectivity index (χ0n) is 11.0. The molecule has 94 valence electrons. The minimum atomic E-state index is -0.0629. The van der Waals surface area contributed by atoms with E-state index in [0.717, 1.165) is 31.2 Å². The smallest absolute Gasteiger partial charge is 0.237 e. The fraction of sp³-hybridized carbons (Fsp3) is 0.923. The standard InChI is InChI=1S/C13H26N2O/c1-5-6-10(3)15-13(16)11(4)14-8-12-7-9(12)2/h9-12,14H,5-8H2,1-4H3,(H,15,16). The molecule has 0 bridgehead atoms. The van der Waals surface area contributed by atoms with Crippen molar-refractivity contribution in [2.45, 2.75) is 59.0 Å². The molecule has 1 saturated carbocycles. The van der Waals surface area contributed by atoms with Gasteiger partial charge in [0, 0.05) is 6.04 Å². The first-order chi connectivity index (χ1) is 7.54. The zero-order chi connectivity index (χ0) is 12.1. The summed E-state index contributed by atoms with van der Waals surface area (Å²) in [6.07, 6.45) is 3.48. The Morgan fingerprint density at radius 3 is 2.56 bits per heavy atom. The molecule has 0 aromatic heterocycles. The number of hydrogen-bond donors (Lipinski definition) is 2. The number of amides is 1. The highest BCUT2D eigenvalue weighted by Crippen LogP contribution is 2.36. The molecule has 1 aliphatic rings. The zero-order valence-corrected chi connectivity index (χ0v) is 11.0. The SMILES string of the molecule is CCCC(C)NC(=O)C(C)NCC1CC1C. The quantitative estimate of drug-likeness (QED) is 0.696. The van der Waals surface area contributed by atoms with Gasteiger partial charge in [-0.2, -0.15) is 0 Å². The van der Waals surface area contributed by atoms with Gasteiger partial charge in [-0.3, -0.25) is 4.79 Å². The lowest BCUT2D eigenvalue weighted by Gasteiger charge is -2.18. The van der Waals surface area contributed by atoms with Gasteiger partial charge >= 0.3 is 0 Å². The number of rotatable bonds is 7. The van der Waals surface area contributed by atoms with Crippen molar-refractivity contribution in [2.75, 3.05) is 6.54 Å². The third-order valence-corrected chi connectivity index (χ3v) is 3.47. The van der Waals surface area contributed by atoms with Crippen LogP contribution in [0.3, 0.4) is 0 Å². The molecule has 4 atom stereocenters. The normalized spacial score (nSPS) is 27.2. The lowest BCUT2D eigenvalue weighted by molar-refractivity contribution is -0.123. The Labute approximate surface area is 99.4 Å². The van der Waals surface area contributed by atoms with Gasteiger partial charge in [-0.1, -0.05) is 20.3 Å². The molecule has 3 nitrogen and oxygen atoms in total. The Balaban J connectivity index is 2.14. The van der Waals surface area contributed by atoms with Gasteiger partial charge in [0.05, 0.1) is 6.04 Å². The van der Waals surface area contributed by atoms with Gasteiger partial charge in [-0.05, 0) is 45.1 Å². The lowest BCUT2D eigenvalue weighted by atomic mass is 10.2. The van der Waals surface area contributed by atoms with Crippen molar-refractivity contribution in [3.63, 3.8) is 0 Å². The predicted molar refractivity (Wildman–Crippen MR) is 67.2 cm³/mol. The van der Waals surface area contributed by atoms with Crippen LogP contribution in [0.15, 0.2) is 0 Å². The summed E-state index contributed by atoms with van der Waals surface area (Å²) in [5.41, 5.74) is 0. The largest absolute Gasteiger partial charge is 0.352 e. The first kappa shape index (κ1) is 13.5. The van der Waals surface area contributed by atoms with E-state index in [1.807, 2.05) is 6.92 Å². The molecular weight excluding hydrogens is 200 g/mol. The molecule has 0 spiro atoms. The van der Waals surface area contributed by atoms with Gasteiger partial charge in [-0.25, -0.2) is 0 Å². The van der Waals surface area contributed by atoms with E-state index in [9.17, 15) is 4.79 Å². The molecule has 16 heavy (non-hydrogen) atoms. The summed E-state index contributed by atoms with van der Waals surface area (Å²) in [5, 5.41) is 6.34. The van der Waals surface area contributed by atoms with Crippen molar-refractivity contribution in [1.29, 1.82) is 0 Å². The van der Waals surface area contributed by atoms with Gasteiger partial charge < -0.3 is 10.6 Å². The first-order valence-electron chi connectivity index (χ1n) is 6.58. The average Bonchev–Trinajstić information content (AvgIpc) is 2.91. The van der Waals surface area contributed by atoms with E-state index in [4.69, 9.17) is 0 Å². The molecule has 1 rings (SSSR count). The molecular formula is C13H26N2O. The summed E-state index contributed by atoms with van der Waals surface area (Å²) in [4.78, 5) is 11.8. The lowest BCUT2D eigenvalue weighted by Crippen LogP contribution is -2.46. The van der Waals surface area contributed by atoms with Crippen molar-refractivity contribution < 1.29 is 4.79 Å². The molecule has 1 fully saturated rings. The summed E-state index contributed by atoms with van der Waals surface area (Å²) < 4.78 is 0. The minimum absolute atomic E-state index is 0.0629. The fourth-order valence-electron chi connectivity index (χ4n) is 1.98. The Bertz CT molecular complexity index is 230. The second-order valence-electron chi connectivity index (χ2n) is 5.30. The van der Waals surface area contributed by atoms with Crippen LogP contribution in [0.25, 0.3) is 0 Å². The molecule has 0 aliphatic heterocycles. The van der Waals surface area contributed by atoms with Crippen molar-refractivity contribution in [2.24, 2.45) is 11.8 Å². The van der Waals surface area contributed by atoms with Crippen molar-refractivity contribution in [1.82, 2.24) is 10.6 Å². The maximum atomic E-state index is 11.8. The second kappa shape index (κ2) is 6.24. The Morgan fingerprint density at radius 2 is 2.06 bits per heavy atom. The Kier molecular flexibility index (Phi) is 5.26. The van der Waals surface area contributed by atoms with Gasteiger partial charge in [0.15, 0.2) is 0 Å². The van der Waals surface area contributed by atoms with E-state index < -0.39 is 0 Å². The van der Waals surface area contributed by atoms with E-state index in [1.165, 1.54) is 6.42 Å². The first-order valence-corrected chi connectivity index (χ1v) is 6.58. The van der Waals surface area contributed by atoms with Crippen LogP contribution in [0, 0.1) is 11.8 Å². The second-order valence-corrected chi connectivity index (χ2v) is 5.30. The van der Waals surface area contributed by atoms with Gasteiger partial charge in [-0.15, -0.1) is 0 Å².